The second-order valence-electron chi connectivity index (χ2n) is 7.23. The van der Waals surface area contributed by atoms with Crippen molar-refractivity contribution in [1.29, 1.82) is 0 Å². The number of aryl methyl sites for hydroxylation is 2. The van der Waals surface area contributed by atoms with Gasteiger partial charge < -0.3 is 5.32 Å². The van der Waals surface area contributed by atoms with Crippen LogP contribution in [-0.4, -0.2) is 20.5 Å². The molecule has 1 atom stereocenters. The van der Waals surface area contributed by atoms with Crippen LogP contribution in [0.4, 0.5) is 0 Å². The Morgan fingerprint density at radius 3 is 2.24 bits per heavy atom. The van der Waals surface area contributed by atoms with Crippen LogP contribution in [0.25, 0.3) is 0 Å². The van der Waals surface area contributed by atoms with Gasteiger partial charge in [0, 0.05) is 18.1 Å². The third kappa shape index (κ3) is 5.39. The fourth-order valence-electron chi connectivity index (χ4n) is 2.70. The van der Waals surface area contributed by atoms with Gasteiger partial charge in [-0.15, -0.1) is 0 Å². The van der Waals surface area contributed by atoms with Crippen molar-refractivity contribution in [3.05, 3.63) is 65.2 Å². The molecule has 0 heterocycles. The Morgan fingerprint density at radius 1 is 1.00 bits per heavy atom. The van der Waals surface area contributed by atoms with E-state index >= 15 is 0 Å². The number of hydrogen-bond acceptors (Lipinski definition) is 3. The van der Waals surface area contributed by atoms with Crippen molar-refractivity contribution in [2.24, 2.45) is 0 Å². The SMILES string of the molecule is Cc1ccc(S(=O)(=O)NCC(C)(C)NC(C)c2ccccc2)cc1C. The summed E-state index contributed by atoms with van der Waals surface area (Å²) in [6.07, 6.45) is 0. The Morgan fingerprint density at radius 2 is 1.64 bits per heavy atom. The molecule has 0 saturated carbocycles. The molecule has 2 rings (SSSR count). The zero-order valence-electron chi connectivity index (χ0n) is 15.6. The molecule has 0 amide bonds. The molecule has 5 heteroatoms. The van der Waals surface area contributed by atoms with E-state index in [1.807, 2.05) is 52.0 Å². The molecular weight excluding hydrogens is 332 g/mol. The summed E-state index contributed by atoms with van der Waals surface area (Å²) in [6.45, 7) is 10.3. The van der Waals surface area contributed by atoms with Gasteiger partial charge in [0.1, 0.15) is 0 Å². The van der Waals surface area contributed by atoms with Gasteiger partial charge in [0.25, 0.3) is 0 Å². The molecule has 2 aromatic rings. The number of benzene rings is 2. The van der Waals surface area contributed by atoms with Crippen LogP contribution in [0.15, 0.2) is 53.4 Å². The molecule has 2 aromatic carbocycles. The molecule has 25 heavy (non-hydrogen) atoms. The van der Waals surface area contributed by atoms with Crippen molar-refractivity contribution in [2.45, 2.75) is 51.1 Å². The number of hydrogen-bond donors (Lipinski definition) is 2. The predicted molar refractivity (Wildman–Crippen MR) is 103 cm³/mol. The number of sulfonamides is 1. The molecule has 4 nitrogen and oxygen atoms in total. The topological polar surface area (TPSA) is 58.2 Å². The van der Waals surface area contributed by atoms with Crippen LogP contribution in [-0.2, 0) is 10.0 Å². The molecule has 0 aliphatic heterocycles. The summed E-state index contributed by atoms with van der Waals surface area (Å²) in [5.41, 5.74) is 2.84. The second-order valence-corrected chi connectivity index (χ2v) is 9.00. The molecule has 2 N–H and O–H groups in total. The van der Waals surface area contributed by atoms with E-state index in [4.69, 9.17) is 0 Å². The van der Waals surface area contributed by atoms with Gasteiger partial charge in [0.05, 0.1) is 4.90 Å². The molecule has 0 bridgehead atoms. The summed E-state index contributed by atoms with van der Waals surface area (Å²) in [5, 5.41) is 3.49. The highest BCUT2D eigenvalue weighted by Gasteiger charge is 2.24. The van der Waals surface area contributed by atoms with Crippen LogP contribution in [0.1, 0.15) is 43.5 Å². The molecular formula is C20H28N2O2S. The second kappa shape index (κ2) is 7.68. The molecule has 0 aliphatic carbocycles. The Labute approximate surface area is 151 Å². The van der Waals surface area contributed by atoms with Crippen LogP contribution >= 0.6 is 0 Å². The summed E-state index contributed by atoms with van der Waals surface area (Å²) in [4.78, 5) is 0.308. The smallest absolute Gasteiger partial charge is 0.240 e. The summed E-state index contributed by atoms with van der Waals surface area (Å²) in [6, 6.07) is 15.4. The van der Waals surface area contributed by atoms with E-state index in [-0.39, 0.29) is 11.6 Å². The van der Waals surface area contributed by atoms with E-state index in [2.05, 4.69) is 29.1 Å². The zero-order valence-corrected chi connectivity index (χ0v) is 16.4. The minimum absolute atomic E-state index is 0.127. The van der Waals surface area contributed by atoms with Gasteiger partial charge >= 0.3 is 0 Å². The Hall–Kier alpha value is -1.69. The molecule has 0 saturated heterocycles. The lowest BCUT2D eigenvalue weighted by molar-refractivity contribution is 0.346. The monoisotopic (exact) mass is 360 g/mol. The molecule has 0 spiro atoms. The normalized spacial score (nSPS) is 13.6. The quantitative estimate of drug-likeness (QED) is 0.791. The van der Waals surface area contributed by atoms with Gasteiger partial charge in [-0.05, 0) is 63.4 Å². The van der Waals surface area contributed by atoms with Crippen LogP contribution in [0.2, 0.25) is 0 Å². The number of rotatable bonds is 7. The fraction of sp³-hybridized carbons (Fsp3) is 0.400. The Balaban J connectivity index is 2.03. The third-order valence-corrected chi connectivity index (χ3v) is 5.80. The van der Waals surface area contributed by atoms with Crippen LogP contribution in [0.3, 0.4) is 0 Å². The first kappa shape index (κ1) is 19.6. The highest BCUT2D eigenvalue weighted by atomic mass is 32.2. The van der Waals surface area contributed by atoms with Gasteiger partial charge in [0.2, 0.25) is 10.0 Å². The van der Waals surface area contributed by atoms with Crippen LogP contribution < -0.4 is 10.0 Å². The first-order valence-corrected chi connectivity index (χ1v) is 9.99. The lowest BCUT2D eigenvalue weighted by Crippen LogP contribution is -2.49. The Bertz CT molecular complexity index is 815. The highest BCUT2D eigenvalue weighted by Crippen LogP contribution is 2.18. The molecule has 0 fully saturated rings. The molecule has 136 valence electrons. The van der Waals surface area contributed by atoms with Gasteiger partial charge in [-0.3, -0.25) is 0 Å². The first-order chi connectivity index (χ1) is 11.6. The maximum Gasteiger partial charge on any atom is 0.240 e. The lowest BCUT2D eigenvalue weighted by atomic mass is 10.0. The van der Waals surface area contributed by atoms with E-state index in [0.29, 0.717) is 11.4 Å². The molecule has 0 aliphatic rings. The standard InChI is InChI=1S/C20H28N2O2S/c1-15-11-12-19(13-16(15)2)25(23,24)21-14-20(4,5)22-17(3)18-9-7-6-8-10-18/h6-13,17,21-22H,14H2,1-5H3. The average Bonchev–Trinajstić information content (AvgIpc) is 2.56. The summed E-state index contributed by atoms with van der Waals surface area (Å²) in [5.74, 6) is 0. The van der Waals surface area contributed by atoms with E-state index in [0.717, 1.165) is 11.1 Å². The van der Waals surface area contributed by atoms with Gasteiger partial charge in [0.15, 0.2) is 0 Å². The van der Waals surface area contributed by atoms with E-state index < -0.39 is 10.0 Å². The first-order valence-electron chi connectivity index (χ1n) is 8.50. The van der Waals surface area contributed by atoms with Crippen molar-refractivity contribution in [3.63, 3.8) is 0 Å². The van der Waals surface area contributed by atoms with Crippen LogP contribution in [0.5, 0.6) is 0 Å². The maximum atomic E-state index is 12.6. The van der Waals surface area contributed by atoms with Gasteiger partial charge in [-0.25, -0.2) is 13.1 Å². The molecule has 0 radical (unpaired) electrons. The van der Waals surface area contributed by atoms with Gasteiger partial charge in [-0.1, -0.05) is 36.4 Å². The molecule has 0 aromatic heterocycles. The Kier molecular flexibility index (Phi) is 6.03. The average molecular weight is 361 g/mol. The lowest BCUT2D eigenvalue weighted by Gasteiger charge is -2.30. The van der Waals surface area contributed by atoms with E-state index in [1.165, 1.54) is 5.56 Å². The van der Waals surface area contributed by atoms with Crippen molar-refractivity contribution in [2.75, 3.05) is 6.54 Å². The van der Waals surface area contributed by atoms with Gasteiger partial charge in [-0.2, -0.15) is 0 Å². The van der Waals surface area contributed by atoms with E-state index in [9.17, 15) is 8.42 Å². The summed E-state index contributed by atoms with van der Waals surface area (Å²) >= 11 is 0. The largest absolute Gasteiger partial charge is 0.304 e. The van der Waals surface area contributed by atoms with E-state index in [1.54, 1.807) is 12.1 Å². The minimum Gasteiger partial charge on any atom is -0.304 e. The maximum absolute atomic E-state index is 12.6. The van der Waals surface area contributed by atoms with Crippen molar-refractivity contribution >= 4 is 10.0 Å². The molecule has 1 unspecified atom stereocenters. The third-order valence-electron chi connectivity index (χ3n) is 4.40. The number of nitrogens with one attached hydrogen (secondary N) is 2. The van der Waals surface area contributed by atoms with Crippen molar-refractivity contribution in [1.82, 2.24) is 10.0 Å². The minimum atomic E-state index is -3.52. The summed E-state index contributed by atoms with van der Waals surface area (Å²) in [7, 11) is -3.52. The van der Waals surface area contributed by atoms with Crippen molar-refractivity contribution in [3.8, 4) is 0 Å². The van der Waals surface area contributed by atoms with Crippen molar-refractivity contribution < 1.29 is 8.42 Å². The van der Waals surface area contributed by atoms with Crippen LogP contribution in [0, 0.1) is 13.8 Å². The predicted octanol–water partition coefficient (Wildman–Crippen LogP) is 3.71. The fourth-order valence-corrected chi connectivity index (χ4v) is 4.00. The highest BCUT2D eigenvalue weighted by molar-refractivity contribution is 7.89. The zero-order chi connectivity index (χ0) is 18.7. The summed E-state index contributed by atoms with van der Waals surface area (Å²) < 4.78 is 27.8.